The van der Waals surface area contributed by atoms with Crippen molar-refractivity contribution in [3.05, 3.63) is 199 Å². The number of nitrogens with zero attached hydrogens (tertiary/aromatic N) is 1. The molecule has 0 aliphatic rings. The Hall–Kier alpha value is -3.22. The number of hydrogen-bond acceptors (Lipinski definition) is 4. The average molecular weight is 897 g/mol. The Bertz CT molecular complexity index is 1500. The Balaban J connectivity index is 0.000000605. The van der Waals surface area contributed by atoms with E-state index in [9.17, 15) is 10.0 Å². The van der Waals surface area contributed by atoms with Crippen LogP contribution < -0.4 is 21.0 Å². The van der Waals surface area contributed by atoms with Gasteiger partial charge in [0, 0.05) is 6.20 Å². The molecular formula is C39H36AuB2Fe2NO3. The van der Waals surface area contributed by atoms with E-state index in [4.69, 9.17) is 4.57 Å². The molecule has 7 aromatic rings. The Morgan fingerprint density at radius 1 is 0.604 bits per heavy atom. The van der Waals surface area contributed by atoms with E-state index in [0.29, 0.717) is 10.9 Å². The summed E-state index contributed by atoms with van der Waals surface area (Å²) in [5.41, 5.74) is 5.54. The molecule has 0 aliphatic carbocycles. The Morgan fingerprint density at radius 3 is 1.42 bits per heavy atom. The van der Waals surface area contributed by atoms with Gasteiger partial charge in [-0.2, -0.15) is 71.6 Å². The van der Waals surface area contributed by atoms with Crippen molar-refractivity contribution in [2.45, 2.75) is 13.8 Å². The molecule has 6 aromatic carbocycles. The van der Waals surface area contributed by atoms with Crippen molar-refractivity contribution >= 4 is 25.2 Å². The van der Waals surface area contributed by atoms with Crippen molar-refractivity contribution in [2.24, 2.45) is 0 Å². The van der Waals surface area contributed by atoms with Gasteiger partial charge in [0.1, 0.15) is 14.2 Å². The molecule has 0 fully saturated rings. The van der Waals surface area contributed by atoms with E-state index < -0.39 is 14.2 Å². The number of pyridine rings is 1. The summed E-state index contributed by atoms with van der Waals surface area (Å²) in [6.45, 7) is 4.14. The van der Waals surface area contributed by atoms with Gasteiger partial charge in [0.25, 0.3) is 0 Å². The van der Waals surface area contributed by atoms with Crippen LogP contribution in [0.5, 0.6) is 0 Å². The topological polar surface area (TPSA) is 68.2 Å². The van der Waals surface area contributed by atoms with Gasteiger partial charge in [0.2, 0.25) is 0 Å². The molecule has 0 radical (unpaired) electrons. The first kappa shape index (κ1) is 44.8. The van der Waals surface area contributed by atoms with Gasteiger partial charge in [-0.3, -0.25) is 0 Å². The fourth-order valence-corrected chi connectivity index (χ4v) is 3.72. The predicted molar refractivity (Wildman–Crippen MR) is 184 cm³/mol. The summed E-state index contributed by atoms with van der Waals surface area (Å²) < 4.78 is 4.83. The smallest absolute Gasteiger partial charge is 0.864 e. The van der Waals surface area contributed by atoms with E-state index in [-0.39, 0.29) is 56.5 Å². The maximum atomic E-state index is 11.5. The Kier molecular flexibility index (Phi) is 25.8. The Labute approximate surface area is 323 Å². The number of hydrogen-bond donors (Lipinski definition) is 0. The van der Waals surface area contributed by atoms with Gasteiger partial charge in [0.05, 0.1) is 0 Å². The molecule has 0 unspecified atom stereocenters. The van der Waals surface area contributed by atoms with Crippen molar-refractivity contribution < 1.29 is 71.1 Å². The number of aromatic nitrogens is 1. The minimum atomic E-state index is -1.41. The molecule has 1 heterocycles. The summed E-state index contributed by atoms with van der Waals surface area (Å²) in [5.74, 6) is 0. The Morgan fingerprint density at radius 2 is 1.08 bits per heavy atom. The molecule has 48 heavy (non-hydrogen) atoms. The van der Waals surface area contributed by atoms with Crippen molar-refractivity contribution in [1.29, 1.82) is 0 Å². The zero-order valence-electron chi connectivity index (χ0n) is 26.7. The normalized spacial score (nSPS) is 8.83. The van der Waals surface area contributed by atoms with Gasteiger partial charge in [-0.25, -0.2) is 48.5 Å². The van der Waals surface area contributed by atoms with Crippen LogP contribution in [-0.2, 0) is 61.1 Å². The van der Waals surface area contributed by atoms with Gasteiger partial charge in [-0.1, -0.05) is 55.0 Å². The third kappa shape index (κ3) is 18.9. The van der Waals surface area contributed by atoms with Gasteiger partial charge >= 0.3 is 56.5 Å². The molecule has 1 aromatic heterocycles. The molecule has 0 saturated heterocycles. The summed E-state index contributed by atoms with van der Waals surface area (Å²) in [5, 5.41) is 22.9. The standard InChI is InChI=1S/C12H10N.C10H8B2O3.C7H8.2C5H5.Au.2Fe/c1-10-5-7-11(8-6-10)12-4-2-3-9-13-12;13-11(9-5-1-2-6-9)15-12(14)10-7-3-4-8-10;1-7-5-3-2-4-6-7;2*1-2-4-5-3-1;;;/h2-7,9H,1H3;1-8H;2-6H,1H3;2*1-5H;;;/q-1;-4;;2*-1;+3;2*+2. The second-order valence-corrected chi connectivity index (χ2v) is 9.81. The second kappa shape index (κ2) is 27.7. The minimum absolute atomic E-state index is 0. The summed E-state index contributed by atoms with van der Waals surface area (Å²) in [4.78, 5) is 4.25. The van der Waals surface area contributed by atoms with Crippen LogP contribution in [0.3, 0.4) is 0 Å². The van der Waals surface area contributed by atoms with E-state index in [1.807, 2.05) is 109 Å². The van der Waals surface area contributed by atoms with E-state index in [1.54, 1.807) is 54.7 Å². The molecule has 4 nitrogen and oxygen atoms in total. The molecule has 0 atom stereocenters. The first-order valence-corrected chi connectivity index (χ1v) is 14.7. The van der Waals surface area contributed by atoms with Gasteiger partial charge in [0.15, 0.2) is 0 Å². The van der Waals surface area contributed by atoms with Crippen LogP contribution >= 0.6 is 0 Å². The molecule has 0 bridgehead atoms. The van der Waals surface area contributed by atoms with E-state index in [1.165, 1.54) is 11.1 Å². The van der Waals surface area contributed by atoms with Crippen molar-refractivity contribution in [1.82, 2.24) is 4.98 Å². The van der Waals surface area contributed by atoms with Crippen LogP contribution in [0.25, 0.3) is 11.3 Å². The molecule has 0 saturated carbocycles. The van der Waals surface area contributed by atoms with Crippen LogP contribution in [0.1, 0.15) is 11.1 Å². The molecule has 9 heteroatoms. The summed E-state index contributed by atoms with van der Waals surface area (Å²) >= 11 is 0. The number of rotatable bonds is 5. The summed E-state index contributed by atoms with van der Waals surface area (Å²) in [7, 11) is -2.81. The average Bonchev–Trinajstić information content (AvgIpc) is 3.93. The van der Waals surface area contributed by atoms with Crippen molar-refractivity contribution in [3.63, 3.8) is 0 Å². The van der Waals surface area contributed by atoms with Crippen LogP contribution in [0, 0.1) is 19.9 Å². The zero-order chi connectivity index (χ0) is 32.0. The maximum absolute atomic E-state index is 11.5. The fraction of sp³-hybridized carbons (Fsp3) is 0.0513. The zero-order valence-corrected chi connectivity index (χ0v) is 31.0. The molecule has 0 aliphatic heterocycles. The van der Waals surface area contributed by atoms with Gasteiger partial charge in [-0.05, 0) is 18.7 Å². The van der Waals surface area contributed by atoms with E-state index >= 15 is 0 Å². The molecule has 7 rings (SSSR count). The monoisotopic (exact) mass is 897 g/mol. The van der Waals surface area contributed by atoms with Crippen molar-refractivity contribution in [2.75, 3.05) is 0 Å². The molecule has 248 valence electrons. The van der Waals surface area contributed by atoms with E-state index in [2.05, 4.69) is 43.1 Å². The largest absolute Gasteiger partial charge is 3.00 e. The van der Waals surface area contributed by atoms with Crippen LogP contribution in [0.2, 0.25) is 0 Å². The van der Waals surface area contributed by atoms with Gasteiger partial charge in [-0.15, -0.1) is 35.4 Å². The molecule has 0 N–H and O–H groups in total. The molecule has 0 spiro atoms. The number of aryl methyl sites for hydroxylation is 2. The van der Waals surface area contributed by atoms with E-state index in [0.717, 1.165) is 11.3 Å². The van der Waals surface area contributed by atoms with Gasteiger partial charge < -0.3 is 19.6 Å². The maximum Gasteiger partial charge on any atom is 3.00 e. The second-order valence-electron chi connectivity index (χ2n) is 9.81. The van der Waals surface area contributed by atoms with Crippen LogP contribution in [0.15, 0.2) is 182 Å². The first-order chi connectivity index (χ1) is 22.0. The quantitative estimate of drug-likeness (QED) is 0.167. The fourth-order valence-electron chi connectivity index (χ4n) is 3.72. The minimum Gasteiger partial charge on any atom is -0.864 e. The van der Waals surface area contributed by atoms with Crippen LogP contribution in [0.4, 0.5) is 0 Å². The molecular weight excluding hydrogens is 861 g/mol. The van der Waals surface area contributed by atoms with Crippen LogP contribution in [-0.4, -0.2) is 19.2 Å². The third-order valence-electron chi connectivity index (χ3n) is 6.13. The SMILES string of the molecule is Cc1c[c-]c(-c2ccccn2)cc1.Cc1ccccc1.[Au+3].[Fe+2].[Fe+2].[O-]B(OB([O-])[c-]1cccc1)[c-]1cccc1.c1cc[cH-]c1.c1cc[cH-]c1. The predicted octanol–water partition coefficient (Wildman–Crippen LogP) is 5.61. The third-order valence-corrected chi connectivity index (χ3v) is 6.13. The summed E-state index contributed by atoms with van der Waals surface area (Å²) in [6, 6.07) is 59.0. The van der Waals surface area contributed by atoms with Crippen molar-refractivity contribution in [3.8, 4) is 11.3 Å². The molecule has 0 amide bonds. The first-order valence-electron chi connectivity index (χ1n) is 14.7. The number of benzene rings is 2. The summed E-state index contributed by atoms with van der Waals surface area (Å²) in [6.07, 6.45) is 1.79.